The molecule has 0 radical (unpaired) electrons. The maximum absolute atomic E-state index is 12.5. The SMILES string of the molecule is Cc1ccc(-c2noc(CN(C)C(=O)CN(C)S(=O)(=O)c3ccccc3)n2)cc1. The molecule has 1 amide bonds. The van der Waals surface area contributed by atoms with Crippen molar-refractivity contribution < 1.29 is 17.7 Å². The van der Waals surface area contributed by atoms with Gasteiger partial charge < -0.3 is 9.42 Å². The topological polar surface area (TPSA) is 96.6 Å². The third-order valence-corrected chi connectivity index (χ3v) is 6.20. The molecule has 0 saturated heterocycles. The number of hydrogen-bond donors (Lipinski definition) is 0. The molecule has 0 fully saturated rings. The first kappa shape index (κ1) is 20.7. The summed E-state index contributed by atoms with van der Waals surface area (Å²) < 4.78 is 31.3. The minimum atomic E-state index is -3.74. The molecule has 1 aromatic heterocycles. The number of benzene rings is 2. The molecule has 3 rings (SSSR count). The Balaban J connectivity index is 1.63. The van der Waals surface area contributed by atoms with Crippen molar-refractivity contribution in [1.82, 2.24) is 19.3 Å². The summed E-state index contributed by atoms with van der Waals surface area (Å²) >= 11 is 0. The van der Waals surface area contributed by atoms with Gasteiger partial charge >= 0.3 is 0 Å². The van der Waals surface area contributed by atoms with Crippen LogP contribution in [-0.4, -0.2) is 54.3 Å². The lowest BCUT2D eigenvalue weighted by Crippen LogP contribution is -2.39. The summed E-state index contributed by atoms with van der Waals surface area (Å²) in [5.74, 6) is 0.316. The molecular formula is C20H22N4O4S. The standard InChI is InChI=1S/C20H22N4O4S/c1-15-9-11-16(12-10-15)20-21-18(28-22-20)13-23(2)19(25)14-24(3)29(26,27)17-7-5-4-6-8-17/h4-12H,13-14H2,1-3H3. The van der Waals surface area contributed by atoms with Gasteiger partial charge in [-0.05, 0) is 19.1 Å². The molecule has 0 saturated carbocycles. The number of aryl methyl sites for hydroxylation is 1. The average Bonchev–Trinajstić information content (AvgIpc) is 3.17. The Bertz CT molecular complexity index is 1080. The molecule has 0 aliphatic heterocycles. The van der Waals surface area contributed by atoms with Gasteiger partial charge in [-0.2, -0.15) is 9.29 Å². The number of nitrogens with zero attached hydrogens (tertiary/aromatic N) is 4. The van der Waals surface area contributed by atoms with Gasteiger partial charge in [0, 0.05) is 19.7 Å². The molecule has 9 heteroatoms. The third-order valence-electron chi connectivity index (χ3n) is 4.39. The number of sulfonamides is 1. The Morgan fingerprint density at radius 2 is 1.69 bits per heavy atom. The van der Waals surface area contributed by atoms with E-state index in [1.807, 2.05) is 31.2 Å². The Labute approximate surface area is 169 Å². The fourth-order valence-corrected chi connectivity index (χ4v) is 3.74. The minimum Gasteiger partial charge on any atom is -0.337 e. The van der Waals surface area contributed by atoms with Gasteiger partial charge in [-0.15, -0.1) is 0 Å². The molecule has 0 spiro atoms. The number of rotatable bonds is 7. The lowest BCUT2D eigenvalue weighted by Gasteiger charge is -2.20. The molecule has 8 nitrogen and oxygen atoms in total. The Morgan fingerprint density at radius 3 is 2.34 bits per heavy atom. The van der Waals surface area contributed by atoms with Gasteiger partial charge in [0.15, 0.2) is 0 Å². The Kier molecular flexibility index (Phi) is 6.09. The summed E-state index contributed by atoms with van der Waals surface area (Å²) in [5.41, 5.74) is 1.94. The average molecular weight is 414 g/mol. The van der Waals surface area contributed by atoms with Gasteiger partial charge in [0.2, 0.25) is 27.6 Å². The molecular weight excluding hydrogens is 392 g/mol. The predicted octanol–water partition coefficient (Wildman–Crippen LogP) is 2.32. The quantitative estimate of drug-likeness (QED) is 0.589. The van der Waals surface area contributed by atoms with Crippen LogP contribution in [0.4, 0.5) is 0 Å². The molecule has 3 aromatic rings. The van der Waals surface area contributed by atoms with Crippen LogP contribution < -0.4 is 0 Å². The normalized spacial score (nSPS) is 11.6. The summed E-state index contributed by atoms with van der Waals surface area (Å²) in [6.45, 7) is 1.77. The lowest BCUT2D eigenvalue weighted by molar-refractivity contribution is -0.130. The summed E-state index contributed by atoms with van der Waals surface area (Å²) in [4.78, 5) is 18.3. The molecule has 152 valence electrons. The molecule has 0 N–H and O–H groups in total. The van der Waals surface area contributed by atoms with Crippen LogP contribution in [-0.2, 0) is 21.4 Å². The van der Waals surface area contributed by atoms with E-state index in [1.165, 1.54) is 24.1 Å². The Hall–Kier alpha value is -3.04. The number of aromatic nitrogens is 2. The fourth-order valence-electron chi connectivity index (χ4n) is 2.60. The van der Waals surface area contributed by atoms with E-state index in [0.717, 1.165) is 15.4 Å². The molecule has 29 heavy (non-hydrogen) atoms. The van der Waals surface area contributed by atoms with E-state index in [4.69, 9.17) is 4.52 Å². The maximum atomic E-state index is 12.5. The second-order valence-corrected chi connectivity index (χ2v) is 8.75. The summed E-state index contributed by atoms with van der Waals surface area (Å²) in [5, 5.41) is 3.94. The van der Waals surface area contributed by atoms with Gasteiger partial charge in [0.05, 0.1) is 18.0 Å². The van der Waals surface area contributed by atoms with Crippen molar-refractivity contribution in [1.29, 1.82) is 0 Å². The second kappa shape index (κ2) is 8.54. The van der Waals surface area contributed by atoms with E-state index in [2.05, 4.69) is 10.1 Å². The molecule has 2 aromatic carbocycles. The van der Waals surface area contributed by atoms with Crippen molar-refractivity contribution in [2.45, 2.75) is 18.4 Å². The zero-order valence-corrected chi connectivity index (χ0v) is 17.3. The monoisotopic (exact) mass is 414 g/mol. The zero-order chi connectivity index (χ0) is 21.0. The van der Waals surface area contributed by atoms with Gasteiger partial charge in [0.1, 0.15) is 0 Å². The van der Waals surface area contributed by atoms with E-state index in [-0.39, 0.29) is 29.8 Å². The minimum absolute atomic E-state index is 0.0803. The molecule has 1 heterocycles. The van der Waals surface area contributed by atoms with E-state index >= 15 is 0 Å². The number of carbonyl (C=O) groups excluding carboxylic acids is 1. The van der Waals surface area contributed by atoms with Crippen LogP contribution in [0, 0.1) is 6.92 Å². The molecule has 0 aliphatic rings. The van der Waals surface area contributed by atoms with Crippen LogP contribution >= 0.6 is 0 Å². The first-order valence-electron chi connectivity index (χ1n) is 8.92. The van der Waals surface area contributed by atoms with E-state index in [0.29, 0.717) is 5.82 Å². The number of carbonyl (C=O) groups is 1. The zero-order valence-electron chi connectivity index (χ0n) is 16.4. The largest absolute Gasteiger partial charge is 0.337 e. The highest BCUT2D eigenvalue weighted by Crippen LogP contribution is 2.17. The van der Waals surface area contributed by atoms with Gasteiger partial charge in [-0.3, -0.25) is 4.79 Å². The van der Waals surface area contributed by atoms with Crippen molar-refractivity contribution >= 4 is 15.9 Å². The summed E-state index contributed by atoms with van der Waals surface area (Å²) in [7, 11) is -0.814. The number of likely N-dealkylation sites (N-methyl/N-ethyl adjacent to an activating group) is 2. The number of amides is 1. The smallest absolute Gasteiger partial charge is 0.246 e. The molecule has 0 atom stereocenters. The maximum Gasteiger partial charge on any atom is 0.246 e. The van der Waals surface area contributed by atoms with E-state index in [1.54, 1.807) is 25.2 Å². The van der Waals surface area contributed by atoms with Crippen LogP contribution in [0.3, 0.4) is 0 Å². The third kappa shape index (κ3) is 4.87. The van der Waals surface area contributed by atoms with Crippen molar-refractivity contribution in [3.8, 4) is 11.4 Å². The highest BCUT2D eigenvalue weighted by atomic mass is 32.2. The van der Waals surface area contributed by atoms with Crippen molar-refractivity contribution in [3.05, 3.63) is 66.1 Å². The highest BCUT2D eigenvalue weighted by Gasteiger charge is 2.24. The van der Waals surface area contributed by atoms with Crippen molar-refractivity contribution in [2.24, 2.45) is 0 Å². The molecule has 0 unspecified atom stereocenters. The first-order valence-corrected chi connectivity index (χ1v) is 10.4. The van der Waals surface area contributed by atoms with Crippen LogP contribution in [0.25, 0.3) is 11.4 Å². The predicted molar refractivity (Wildman–Crippen MR) is 107 cm³/mol. The van der Waals surface area contributed by atoms with E-state index < -0.39 is 10.0 Å². The van der Waals surface area contributed by atoms with Crippen LogP contribution in [0.15, 0.2) is 64.0 Å². The molecule has 0 bridgehead atoms. The number of hydrogen-bond acceptors (Lipinski definition) is 6. The van der Waals surface area contributed by atoms with Crippen LogP contribution in [0.2, 0.25) is 0 Å². The second-order valence-electron chi connectivity index (χ2n) is 6.70. The van der Waals surface area contributed by atoms with Crippen LogP contribution in [0.5, 0.6) is 0 Å². The lowest BCUT2D eigenvalue weighted by atomic mass is 10.1. The fraction of sp³-hybridized carbons (Fsp3) is 0.250. The summed E-state index contributed by atoms with van der Waals surface area (Å²) in [6, 6.07) is 15.7. The Morgan fingerprint density at radius 1 is 1.03 bits per heavy atom. The van der Waals surface area contributed by atoms with Crippen molar-refractivity contribution in [2.75, 3.05) is 20.6 Å². The summed E-state index contributed by atoms with van der Waals surface area (Å²) in [6.07, 6.45) is 0. The van der Waals surface area contributed by atoms with Crippen molar-refractivity contribution in [3.63, 3.8) is 0 Å². The van der Waals surface area contributed by atoms with Gasteiger partial charge in [-0.25, -0.2) is 8.42 Å². The van der Waals surface area contributed by atoms with Gasteiger partial charge in [-0.1, -0.05) is 53.2 Å². The van der Waals surface area contributed by atoms with Crippen LogP contribution in [0.1, 0.15) is 11.5 Å². The highest BCUT2D eigenvalue weighted by molar-refractivity contribution is 7.89. The first-order chi connectivity index (χ1) is 13.8. The van der Waals surface area contributed by atoms with Gasteiger partial charge in [0.25, 0.3) is 0 Å². The molecule has 0 aliphatic carbocycles. The van der Waals surface area contributed by atoms with E-state index in [9.17, 15) is 13.2 Å².